The number of hydrogen-bond acceptors (Lipinski definition) is 7. The van der Waals surface area contributed by atoms with E-state index in [1.165, 1.54) is 6.07 Å². The van der Waals surface area contributed by atoms with Crippen LogP contribution in [0.4, 0.5) is 24.8 Å². The molecular formula is C23H22F3N5O2S. The highest BCUT2D eigenvalue weighted by Gasteiger charge is 2.35. The minimum absolute atomic E-state index is 0.140. The molecular weight excluding hydrogens is 467 g/mol. The maximum Gasteiger partial charge on any atom is 0.418 e. The van der Waals surface area contributed by atoms with Crippen molar-refractivity contribution in [2.45, 2.75) is 24.2 Å². The van der Waals surface area contributed by atoms with Crippen LogP contribution in [0.2, 0.25) is 0 Å². The summed E-state index contributed by atoms with van der Waals surface area (Å²) in [6.07, 6.45) is -4.54. The fourth-order valence-corrected chi connectivity index (χ4v) is 4.26. The minimum Gasteiger partial charge on any atom is -0.480 e. The van der Waals surface area contributed by atoms with Gasteiger partial charge in [0.1, 0.15) is 22.7 Å². The summed E-state index contributed by atoms with van der Waals surface area (Å²) in [4.78, 5) is 22.0. The van der Waals surface area contributed by atoms with Crippen LogP contribution in [0.25, 0.3) is 11.3 Å². The lowest BCUT2D eigenvalue weighted by atomic mass is 10.0. The van der Waals surface area contributed by atoms with Crippen molar-refractivity contribution in [2.75, 3.05) is 29.3 Å². The van der Waals surface area contributed by atoms with Gasteiger partial charge in [0, 0.05) is 37.1 Å². The van der Waals surface area contributed by atoms with E-state index >= 15 is 0 Å². The molecule has 1 unspecified atom stereocenters. The van der Waals surface area contributed by atoms with E-state index in [9.17, 15) is 23.1 Å². The lowest BCUT2D eigenvalue weighted by molar-refractivity contribution is -0.139. The van der Waals surface area contributed by atoms with Crippen LogP contribution >= 0.6 is 11.9 Å². The van der Waals surface area contributed by atoms with Gasteiger partial charge in [-0.2, -0.15) is 13.2 Å². The second kappa shape index (κ2) is 9.90. The number of nitrogens with zero attached hydrogens (tertiary/aromatic N) is 3. The Morgan fingerprint density at radius 1 is 1.15 bits per heavy atom. The molecule has 7 nitrogen and oxygen atoms in total. The number of benzene rings is 1. The Labute approximate surface area is 198 Å². The van der Waals surface area contributed by atoms with E-state index in [2.05, 4.69) is 20.0 Å². The van der Waals surface area contributed by atoms with Gasteiger partial charge in [0.25, 0.3) is 0 Å². The van der Waals surface area contributed by atoms with Gasteiger partial charge in [-0.05, 0) is 36.8 Å². The predicted octanol–water partition coefficient (Wildman–Crippen LogP) is 4.45. The third kappa shape index (κ3) is 5.42. The van der Waals surface area contributed by atoms with Crippen molar-refractivity contribution in [1.29, 1.82) is 0 Å². The Morgan fingerprint density at radius 2 is 1.94 bits per heavy atom. The van der Waals surface area contributed by atoms with Crippen LogP contribution in [0.1, 0.15) is 11.1 Å². The van der Waals surface area contributed by atoms with Gasteiger partial charge in [-0.3, -0.25) is 4.79 Å². The fourth-order valence-electron chi connectivity index (χ4n) is 3.65. The monoisotopic (exact) mass is 489 g/mol. The van der Waals surface area contributed by atoms with Gasteiger partial charge in [-0.25, -0.2) is 9.97 Å². The molecule has 3 aromatic rings. The number of aromatic nitrogens is 2. The van der Waals surface area contributed by atoms with Crippen LogP contribution in [0.3, 0.4) is 0 Å². The summed E-state index contributed by atoms with van der Waals surface area (Å²) in [6.45, 7) is 3.15. The van der Waals surface area contributed by atoms with Crippen LogP contribution in [-0.4, -0.2) is 46.7 Å². The topological polar surface area (TPSA) is 90.4 Å². The third-order valence-electron chi connectivity index (χ3n) is 5.37. The standard InChI is InChI=1S/C23H22F3N5O2S/c1-14-5-2-3-6-15(14)21-16(23(24,25)26)9-10-18(28-21)30-34-20-8-4-7-19(29-20)31-12-11-27-17(13-31)22(32)33/h2-10,17,27H,11-13H2,1H3,(H,28,30)(H,32,33). The number of rotatable bonds is 6. The molecule has 2 aromatic heterocycles. The molecule has 1 aromatic carbocycles. The molecule has 3 heterocycles. The highest BCUT2D eigenvalue weighted by molar-refractivity contribution is 8.00. The zero-order valence-electron chi connectivity index (χ0n) is 18.1. The number of aliphatic carboxylic acids is 1. The van der Waals surface area contributed by atoms with Crippen molar-refractivity contribution in [3.8, 4) is 11.3 Å². The van der Waals surface area contributed by atoms with E-state index in [-0.39, 0.29) is 18.1 Å². The summed E-state index contributed by atoms with van der Waals surface area (Å²) in [5, 5.41) is 12.8. The lowest BCUT2D eigenvalue weighted by Gasteiger charge is -2.32. The largest absolute Gasteiger partial charge is 0.480 e. The van der Waals surface area contributed by atoms with Crippen LogP contribution in [0, 0.1) is 6.92 Å². The normalized spacial score (nSPS) is 16.4. The van der Waals surface area contributed by atoms with Gasteiger partial charge in [0.15, 0.2) is 0 Å². The molecule has 11 heteroatoms. The van der Waals surface area contributed by atoms with Gasteiger partial charge in [-0.15, -0.1) is 0 Å². The summed E-state index contributed by atoms with van der Waals surface area (Å²) in [5.74, 6) is -0.0353. The van der Waals surface area contributed by atoms with E-state index in [0.717, 1.165) is 18.0 Å². The van der Waals surface area contributed by atoms with Crippen molar-refractivity contribution in [3.05, 3.63) is 65.7 Å². The first-order valence-corrected chi connectivity index (χ1v) is 11.3. The average Bonchev–Trinajstić information content (AvgIpc) is 2.82. The maximum absolute atomic E-state index is 13.6. The molecule has 1 aliphatic rings. The van der Waals surface area contributed by atoms with E-state index in [1.807, 2.05) is 4.90 Å². The van der Waals surface area contributed by atoms with Gasteiger partial charge in [0.05, 0.1) is 11.3 Å². The van der Waals surface area contributed by atoms with E-state index in [1.54, 1.807) is 49.4 Å². The molecule has 0 radical (unpaired) electrons. The van der Waals surface area contributed by atoms with Crippen LogP contribution < -0.4 is 14.9 Å². The highest BCUT2D eigenvalue weighted by atomic mass is 32.2. The van der Waals surface area contributed by atoms with E-state index in [0.29, 0.717) is 35.1 Å². The first kappa shape index (κ1) is 23.8. The molecule has 0 amide bonds. The second-order valence-corrected chi connectivity index (χ2v) is 8.56. The van der Waals surface area contributed by atoms with Gasteiger partial charge in [-0.1, -0.05) is 30.3 Å². The number of halogens is 3. The number of aryl methyl sites for hydroxylation is 1. The Bertz CT molecular complexity index is 1190. The summed E-state index contributed by atoms with van der Waals surface area (Å²) in [5.41, 5.74) is 0.160. The van der Waals surface area contributed by atoms with Gasteiger partial charge >= 0.3 is 12.1 Å². The average molecular weight is 490 g/mol. The summed E-state index contributed by atoms with van der Waals surface area (Å²) < 4.78 is 43.9. The lowest BCUT2D eigenvalue weighted by Crippen LogP contribution is -2.54. The Balaban J connectivity index is 1.54. The number of alkyl halides is 3. The number of carbonyl (C=O) groups is 1. The molecule has 4 rings (SSSR count). The van der Waals surface area contributed by atoms with Crippen molar-refractivity contribution in [3.63, 3.8) is 0 Å². The maximum atomic E-state index is 13.6. The SMILES string of the molecule is Cc1ccccc1-c1nc(NSc2cccc(N3CCNC(C(=O)O)C3)n2)ccc1C(F)(F)F. The van der Waals surface area contributed by atoms with E-state index < -0.39 is 23.8 Å². The molecule has 0 bridgehead atoms. The minimum atomic E-state index is -4.54. The summed E-state index contributed by atoms with van der Waals surface area (Å²) in [7, 11) is 0. The molecule has 1 saturated heterocycles. The van der Waals surface area contributed by atoms with E-state index in [4.69, 9.17) is 0 Å². The molecule has 0 saturated carbocycles. The summed E-state index contributed by atoms with van der Waals surface area (Å²) >= 11 is 1.12. The molecule has 178 valence electrons. The second-order valence-electron chi connectivity index (χ2n) is 7.73. The van der Waals surface area contributed by atoms with Crippen LogP contribution in [-0.2, 0) is 11.0 Å². The Hall–Kier alpha value is -3.31. The summed E-state index contributed by atoms with van der Waals surface area (Å²) in [6, 6.07) is 13.8. The van der Waals surface area contributed by atoms with Crippen molar-refractivity contribution in [2.24, 2.45) is 0 Å². The molecule has 34 heavy (non-hydrogen) atoms. The number of pyridine rings is 2. The molecule has 0 spiro atoms. The van der Waals surface area contributed by atoms with Crippen molar-refractivity contribution in [1.82, 2.24) is 15.3 Å². The molecule has 3 N–H and O–H groups in total. The predicted molar refractivity (Wildman–Crippen MR) is 125 cm³/mol. The third-order valence-corrected chi connectivity index (χ3v) is 6.12. The quantitative estimate of drug-likeness (QED) is 0.438. The number of nitrogens with one attached hydrogen (secondary N) is 2. The first-order chi connectivity index (χ1) is 16.2. The number of carboxylic acids is 1. The van der Waals surface area contributed by atoms with Crippen molar-refractivity contribution < 1.29 is 23.1 Å². The number of hydrogen-bond donors (Lipinski definition) is 3. The van der Waals surface area contributed by atoms with Gasteiger partial charge in [0.2, 0.25) is 0 Å². The molecule has 0 aliphatic carbocycles. The zero-order valence-corrected chi connectivity index (χ0v) is 19.0. The highest BCUT2D eigenvalue weighted by Crippen LogP contribution is 2.38. The Morgan fingerprint density at radius 3 is 2.68 bits per heavy atom. The van der Waals surface area contributed by atoms with Gasteiger partial charge < -0.3 is 20.0 Å². The number of anilines is 2. The molecule has 1 aliphatic heterocycles. The molecule has 1 fully saturated rings. The number of carboxylic acid groups (broad SMARTS) is 1. The number of piperazine rings is 1. The molecule has 1 atom stereocenters. The zero-order chi connectivity index (χ0) is 24.3. The smallest absolute Gasteiger partial charge is 0.418 e. The first-order valence-electron chi connectivity index (χ1n) is 10.5. The Kier molecular flexibility index (Phi) is 6.94. The van der Waals surface area contributed by atoms with Crippen LogP contribution in [0.15, 0.2) is 59.6 Å². The van der Waals surface area contributed by atoms with Crippen LogP contribution in [0.5, 0.6) is 0 Å². The van der Waals surface area contributed by atoms with Crippen molar-refractivity contribution >= 4 is 29.6 Å². The fraction of sp³-hybridized carbons (Fsp3) is 0.261.